The molecule has 2 aromatic rings. The van der Waals surface area contributed by atoms with Crippen molar-refractivity contribution < 1.29 is 0 Å². The van der Waals surface area contributed by atoms with Gasteiger partial charge in [-0.15, -0.1) is 0 Å². The van der Waals surface area contributed by atoms with Crippen LogP contribution in [0.25, 0.3) is 5.69 Å². The molecule has 0 aliphatic carbocycles. The molecule has 1 aromatic carbocycles. The maximum absolute atomic E-state index is 4.60. The molecule has 1 aromatic heterocycles. The van der Waals surface area contributed by atoms with Gasteiger partial charge in [0.2, 0.25) is 0 Å². The molecular weight excluding hydrogens is 344 g/mol. The van der Waals surface area contributed by atoms with E-state index in [1.807, 2.05) is 11.6 Å². The van der Waals surface area contributed by atoms with E-state index in [2.05, 4.69) is 69.0 Å². The number of rotatable bonds is 2. The Balaban J connectivity index is 2.67. The average Bonchev–Trinajstić information content (AvgIpc) is 2.57. The van der Waals surface area contributed by atoms with Crippen molar-refractivity contribution in [3.63, 3.8) is 0 Å². The monoisotopic (exact) mass is 356 g/mol. The molecule has 0 radical (unpaired) electrons. The Hall–Kier alpha value is -0.610. The van der Waals surface area contributed by atoms with E-state index in [1.54, 1.807) is 0 Å². The molecule has 2 rings (SSSR count). The molecule has 1 heterocycles. The van der Waals surface area contributed by atoms with Gasteiger partial charge in [-0.05, 0) is 44.0 Å². The van der Waals surface area contributed by atoms with Crippen molar-refractivity contribution in [1.29, 1.82) is 0 Å². The molecule has 0 atom stereocenters. The Morgan fingerprint density at radius 3 is 2.47 bits per heavy atom. The van der Waals surface area contributed by atoms with Gasteiger partial charge in [0.25, 0.3) is 0 Å². The molecule has 0 saturated carbocycles. The fourth-order valence-electron chi connectivity index (χ4n) is 1.80. The van der Waals surface area contributed by atoms with Crippen molar-refractivity contribution in [1.82, 2.24) is 9.78 Å². The first-order valence-electron chi connectivity index (χ1n) is 5.42. The maximum Gasteiger partial charge on any atom is 0.0700 e. The molecule has 90 valence electrons. The molecule has 0 saturated heterocycles. The third-order valence-electron chi connectivity index (χ3n) is 3.07. The van der Waals surface area contributed by atoms with E-state index in [0.29, 0.717) is 0 Å². The fraction of sp³-hybridized carbons (Fsp3) is 0.308. The quantitative estimate of drug-likeness (QED) is 0.726. The second-order valence-electron chi connectivity index (χ2n) is 4.11. The summed E-state index contributed by atoms with van der Waals surface area (Å²) in [6.07, 6.45) is 0. The third-order valence-corrected chi connectivity index (χ3v) is 4.17. The van der Waals surface area contributed by atoms with Crippen molar-refractivity contribution in [3.05, 3.63) is 45.2 Å². The molecule has 0 spiro atoms. The summed E-state index contributed by atoms with van der Waals surface area (Å²) in [6.45, 7) is 6.26. The van der Waals surface area contributed by atoms with Gasteiger partial charge in [0.15, 0.2) is 0 Å². The summed E-state index contributed by atoms with van der Waals surface area (Å²) in [4.78, 5) is 0. The van der Waals surface area contributed by atoms with Crippen LogP contribution in [0.5, 0.6) is 0 Å². The van der Waals surface area contributed by atoms with Crippen LogP contribution < -0.4 is 0 Å². The van der Waals surface area contributed by atoms with Crippen molar-refractivity contribution in [3.8, 4) is 5.69 Å². The number of aromatic nitrogens is 2. The van der Waals surface area contributed by atoms with Gasteiger partial charge in [0, 0.05) is 15.5 Å². The van der Waals surface area contributed by atoms with Gasteiger partial charge in [0.1, 0.15) is 0 Å². The third kappa shape index (κ3) is 2.33. The first kappa shape index (κ1) is 12.8. The van der Waals surface area contributed by atoms with Crippen molar-refractivity contribution in [2.45, 2.75) is 26.1 Å². The highest BCUT2D eigenvalue weighted by molar-refractivity contribution is 9.10. The summed E-state index contributed by atoms with van der Waals surface area (Å²) < 4.78 is 3.09. The molecule has 0 fully saturated rings. The summed E-state index contributed by atoms with van der Waals surface area (Å²) in [5.74, 6) is 0. The van der Waals surface area contributed by atoms with Gasteiger partial charge in [-0.1, -0.05) is 37.9 Å². The lowest BCUT2D eigenvalue weighted by Gasteiger charge is -2.10. The van der Waals surface area contributed by atoms with E-state index in [9.17, 15) is 0 Å². The highest BCUT2D eigenvalue weighted by Crippen LogP contribution is 2.25. The van der Waals surface area contributed by atoms with E-state index >= 15 is 0 Å². The number of aryl methyl sites for hydroxylation is 1. The molecule has 0 aliphatic heterocycles. The fourth-order valence-corrected chi connectivity index (χ4v) is 2.63. The minimum Gasteiger partial charge on any atom is -0.237 e. The molecule has 0 N–H and O–H groups in total. The molecule has 2 nitrogen and oxygen atoms in total. The molecule has 17 heavy (non-hydrogen) atoms. The van der Waals surface area contributed by atoms with Crippen LogP contribution in [0.4, 0.5) is 0 Å². The average molecular weight is 358 g/mol. The number of hydrogen-bond donors (Lipinski definition) is 0. The van der Waals surface area contributed by atoms with Crippen LogP contribution in [0.1, 0.15) is 22.5 Å². The predicted octanol–water partition coefficient (Wildman–Crippen LogP) is 4.45. The summed E-state index contributed by atoms with van der Waals surface area (Å²) in [5.41, 5.74) is 5.90. The van der Waals surface area contributed by atoms with Crippen LogP contribution in [0.2, 0.25) is 0 Å². The first-order chi connectivity index (χ1) is 8.04. The lowest BCUT2D eigenvalue weighted by atomic mass is 10.2. The first-order valence-corrected chi connectivity index (χ1v) is 7.33. The Morgan fingerprint density at radius 2 is 1.94 bits per heavy atom. The Morgan fingerprint density at radius 1 is 1.24 bits per heavy atom. The maximum atomic E-state index is 4.60. The molecule has 0 amide bonds. The molecule has 0 bridgehead atoms. The second-order valence-corrected chi connectivity index (χ2v) is 5.59. The van der Waals surface area contributed by atoms with Crippen molar-refractivity contribution in [2.75, 3.05) is 0 Å². The minimum atomic E-state index is 0.826. The van der Waals surface area contributed by atoms with E-state index < -0.39 is 0 Å². The normalized spacial score (nSPS) is 10.9. The smallest absolute Gasteiger partial charge is 0.0700 e. The number of nitrogens with zero attached hydrogens (tertiary/aromatic N) is 2. The van der Waals surface area contributed by atoms with E-state index in [0.717, 1.165) is 21.2 Å². The van der Waals surface area contributed by atoms with E-state index in [-0.39, 0.29) is 0 Å². The zero-order chi connectivity index (χ0) is 12.6. The van der Waals surface area contributed by atoms with Crippen LogP contribution in [-0.2, 0) is 5.33 Å². The van der Waals surface area contributed by atoms with Crippen LogP contribution >= 0.6 is 31.9 Å². The predicted molar refractivity (Wildman–Crippen MR) is 78.1 cm³/mol. The second kappa shape index (κ2) is 4.94. The number of benzene rings is 1. The van der Waals surface area contributed by atoms with Gasteiger partial charge >= 0.3 is 0 Å². The number of halogens is 2. The van der Waals surface area contributed by atoms with E-state index in [1.165, 1.54) is 16.8 Å². The zero-order valence-corrected chi connectivity index (χ0v) is 13.3. The van der Waals surface area contributed by atoms with Crippen LogP contribution in [0.3, 0.4) is 0 Å². The zero-order valence-electron chi connectivity index (χ0n) is 10.1. The van der Waals surface area contributed by atoms with Crippen LogP contribution in [0.15, 0.2) is 22.7 Å². The van der Waals surface area contributed by atoms with Crippen LogP contribution in [0, 0.1) is 20.8 Å². The molecular formula is C13H14Br2N2. The highest BCUT2D eigenvalue weighted by Gasteiger charge is 2.12. The van der Waals surface area contributed by atoms with Gasteiger partial charge < -0.3 is 0 Å². The summed E-state index contributed by atoms with van der Waals surface area (Å²) in [6, 6.07) is 6.27. The Kier molecular flexibility index (Phi) is 3.73. The molecule has 0 aliphatic rings. The van der Waals surface area contributed by atoms with Crippen molar-refractivity contribution >= 4 is 31.9 Å². The number of hydrogen-bond acceptors (Lipinski definition) is 1. The van der Waals surface area contributed by atoms with Gasteiger partial charge in [-0.25, -0.2) is 4.68 Å². The lowest BCUT2D eigenvalue weighted by molar-refractivity contribution is 0.825. The molecule has 4 heteroatoms. The minimum absolute atomic E-state index is 0.826. The largest absolute Gasteiger partial charge is 0.237 e. The van der Waals surface area contributed by atoms with Gasteiger partial charge in [-0.3, -0.25) is 0 Å². The summed E-state index contributed by atoms with van der Waals surface area (Å²) in [5, 5.41) is 5.43. The SMILES string of the molecule is Cc1nn(-c2cc(Br)ccc2CBr)c(C)c1C. The van der Waals surface area contributed by atoms with Gasteiger partial charge in [0.05, 0.1) is 11.4 Å². The Bertz CT molecular complexity index is 559. The van der Waals surface area contributed by atoms with Crippen molar-refractivity contribution in [2.24, 2.45) is 0 Å². The summed E-state index contributed by atoms with van der Waals surface area (Å²) in [7, 11) is 0. The standard InChI is InChI=1S/C13H14Br2N2/c1-8-9(2)16-17(10(8)3)13-6-12(15)5-4-11(13)7-14/h4-6H,7H2,1-3H3. The summed E-state index contributed by atoms with van der Waals surface area (Å²) >= 11 is 7.04. The lowest BCUT2D eigenvalue weighted by Crippen LogP contribution is -2.02. The Labute approximate surface area is 118 Å². The highest BCUT2D eigenvalue weighted by atomic mass is 79.9. The molecule has 0 unspecified atom stereocenters. The van der Waals surface area contributed by atoms with E-state index in [4.69, 9.17) is 0 Å². The number of alkyl halides is 1. The van der Waals surface area contributed by atoms with Crippen LogP contribution in [-0.4, -0.2) is 9.78 Å². The topological polar surface area (TPSA) is 17.8 Å². The van der Waals surface area contributed by atoms with Gasteiger partial charge in [-0.2, -0.15) is 5.10 Å².